The lowest BCUT2D eigenvalue weighted by atomic mass is 9.75. The quantitative estimate of drug-likeness (QED) is 0.0644. The molecule has 0 spiro atoms. The van der Waals surface area contributed by atoms with Crippen molar-refractivity contribution in [3.8, 4) is 0 Å². The van der Waals surface area contributed by atoms with Gasteiger partial charge in [-0.25, -0.2) is 0 Å². The third kappa shape index (κ3) is 32.9. The van der Waals surface area contributed by atoms with E-state index in [4.69, 9.17) is 0 Å². The van der Waals surface area contributed by atoms with Gasteiger partial charge in [0.25, 0.3) is 0 Å². The van der Waals surface area contributed by atoms with Gasteiger partial charge in [-0.05, 0) is 24.2 Å². The zero-order valence-electron chi connectivity index (χ0n) is 30.8. The van der Waals surface area contributed by atoms with E-state index in [9.17, 15) is 0 Å². The van der Waals surface area contributed by atoms with Crippen molar-refractivity contribution < 1.29 is 0 Å². The van der Waals surface area contributed by atoms with Gasteiger partial charge in [0.15, 0.2) is 0 Å². The summed E-state index contributed by atoms with van der Waals surface area (Å²) in [6, 6.07) is 0. The minimum Gasteiger partial charge on any atom is -0.0654 e. The van der Waals surface area contributed by atoms with Crippen molar-refractivity contribution in [2.75, 3.05) is 0 Å². The van der Waals surface area contributed by atoms with Crippen LogP contribution in [0.25, 0.3) is 0 Å². The molecule has 42 heavy (non-hydrogen) atoms. The van der Waals surface area contributed by atoms with Gasteiger partial charge in [-0.1, -0.05) is 247 Å². The maximum atomic E-state index is 2.50. The first kappa shape index (κ1) is 42.0. The van der Waals surface area contributed by atoms with Crippen LogP contribution in [0.15, 0.2) is 0 Å². The Bertz CT molecular complexity index is 471. The molecule has 0 saturated carbocycles. The predicted molar refractivity (Wildman–Crippen MR) is 196 cm³/mol. The molecule has 0 aromatic carbocycles. The molecule has 0 aromatic rings. The molecule has 1 atom stereocenters. The van der Waals surface area contributed by atoms with Crippen LogP contribution in [0.3, 0.4) is 0 Å². The molecule has 0 heterocycles. The summed E-state index contributed by atoms with van der Waals surface area (Å²) in [5, 5.41) is 0. The first-order chi connectivity index (χ1) is 20.5. The molecule has 0 radical (unpaired) electrons. The monoisotopic (exact) mass is 591 g/mol. The van der Waals surface area contributed by atoms with Gasteiger partial charge in [0, 0.05) is 0 Å². The molecule has 0 amide bonds. The van der Waals surface area contributed by atoms with Crippen LogP contribution in [0.1, 0.15) is 259 Å². The number of rotatable bonds is 35. The minimum absolute atomic E-state index is 0.491. The lowest BCUT2D eigenvalue weighted by molar-refractivity contribution is 0.201. The summed E-state index contributed by atoms with van der Waals surface area (Å²) in [4.78, 5) is 0. The summed E-state index contributed by atoms with van der Waals surface area (Å²) in [5.74, 6) is 0.931. The van der Waals surface area contributed by atoms with Crippen LogP contribution in [-0.4, -0.2) is 0 Å². The topological polar surface area (TPSA) is 0 Å². The molecule has 0 aliphatic heterocycles. The van der Waals surface area contributed by atoms with Gasteiger partial charge in [0.1, 0.15) is 0 Å². The molecule has 0 N–H and O–H groups in total. The summed E-state index contributed by atoms with van der Waals surface area (Å²) in [5.41, 5.74) is 0.491. The van der Waals surface area contributed by atoms with Crippen molar-refractivity contribution in [3.63, 3.8) is 0 Å². The van der Waals surface area contributed by atoms with Crippen LogP contribution >= 0.6 is 0 Å². The van der Waals surface area contributed by atoms with Crippen LogP contribution in [0.4, 0.5) is 0 Å². The van der Waals surface area contributed by atoms with E-state index in [0.717, 1.165) is 5.92 Å². The maximum absolute atomic E-state index is 2.50. The second kappa shape index (κ2) is 33.9. The molecule has 0 aliphatic carbocycles. The second-order valence-electron chi connectivity index (χ2n) is 15.6. The van der Waals surface area contributed by atoms with E-state index in [1.165, 1.54) is 225 Å². The smallest absolute Gasteiger partial charge is 0.0354 e. The summed E-state index contributed by atoms with van der Waals surface area (Å²) in [7, 11) is 0. The van der Waals surface area contributed by atoms with Crippen LogP contribution in [0, 0.1) is 11.3 Å². The highest BCUT2D eigenvalue weighted by Crippen LogP contribution is 2.34. The highest BCUT2D eigenvalue weighted by Gasteiger charge is 2.23. The van der Waals surface area contributed by atoms with Gasteiger partial charge in [-0.15, -0.1) is 0 Å². The van der Waals surface area contributed by atoms with Crippen LogP contribution in [0.2, 0.25) is 0 Å². The predicted octanol–water partition coefficient (Wildman–Crippen LogP) is 16.3. The van der Waals surface area contributed by atoms with Crippen molar-refractivity contribution in [1.82, 2.24) is 0 Å². The van der Waals surface area contributed by atoms with Gasteiger partial charge in [0.2, 0.25) is 0 Å². The summed E-state index contributed by atoms with van der Waals surface area (Å²) in [6.45, 7) is 12.1. The standard InChI is InChI=1S/C42H86/c1-6-8-10-12-14-16-18-20-22-24-26-28-30-32-34-36-38-40-41(42(3,4)5)39-37-35-33-31-29-27-25-23-21-19-17-15-13-11-9-7-2/h41H,6-40H2,1-5H3. The molecule has 0 aliphatic rings. The zero-order valence-corrected chi connectivity index (χ0v) is 30.8. The first-order valence-corrected chi connectivity index (χ1v) is 20.5. The number of hydrogen-bond donors (Lipinski definition) is 0. The van der Waals surface area contributed by atoms with Crippen LogP contribution < -0.4 is 0 Å². The molecule has 0 nitrogen and oxygen atoms in total. The molecular weight excluding hydrogens is 504 g/mol. The molecule has 0 aromatic heterocycles. The van der Waals surface area contributed by atoms with E-state index in [-0.39, 0.29) is 0 Å². The summed E-state index contributed by atoms with van der Waals surface area (Å²) < 4.78 is 0. The molecule has 0 bridgehead atoms. The van der Waals surface area contributed by atoms with Crippen molar-refractivity contribution in [2.45, 2.75) is 259 Å². The van der Waals surface area contributed by atoms with Crippen LogP contribution in [0.5, 0.6) is 0 Å². The van der Waals surface area contributed by atoms with Gasteiger partial charge in [-0.3, -0.25) is 0 Å². The maximum Gasteiger partial charge on any atom is -0.0354 e. The Hall–Kier alpha value is 0. The lowest BCUT2D eigenvalue weighted by Crippen LogP contribution is -2.20. The third-order valence-electron chi connectivity index (χ3n) is 10.3. The second-order valence-corrected chi connectivity index (χ2v) is 15.6. The summed E-state index contributed by atoms with van der Waals surface area (Å²) in [6.07, 6.45) is 51.5. The van der Waals surface area contributed by atoms with E-state index in [0.29, 0.717) is 5.41 Å². The SMILES string of the molecule is CCCCCCCCCCCCCCCCCCCC(CCCCCCCCCCCCCCCCCC)C(C)(C)C. The Labute approximate surface area is 270 Å². The van der Waals surface area contributed by atoms with E-state index in [1.54, 1.807) is 0 Å². The fourth-order valence-electron chi connectivity index (χ4n) is 7.06. The zero-order chi connectivity index (χ0) is 30.8. The largest absolute Gasteiger partial charge is 0.0654 e. The van der Waals surface area contributed by atoms with Crippen molar-refractivity contribution in [2.24, 2.45) is 11.3 Å². The van der Waals surface area contributed by atoms with Crippen molar-refractivity contribution >= 4 is 0 Å². The normalized spacial score (nSPS) is 12.8. The van der Waals surface area contributed by atoms with Gasteiger partial charge >= 0.3 is 0 Å². The van der Waals surface area contributed by atoms with Crippen molar-refractivity contribution in [1.29, 1.82) is 0 Å². The van der Waals surface area contributed by atoms with E-state index in [2.05, 4.69) is 34.6 Å². The van der Waals surface area contributed by atoms with E-state index >= 15 is 0 Å². The number of unbranched alkanes of at least 4 members (excludes halogenated alkanes) is 31. The molecule has 1 unspecified atom stereocenters. The molecule has 0 fully saturated rings. The Morgan fingerprint density at radius 2 is 0.429 bits per heavy atom. The van der Waals surface area contributed by atoms with Gasteiger partial charge < -0.3 is 0 Å². The minimum atomic E-state index is 0.491. The van der Waals surface area contributed by atoms with Crippen LogP contribution in [-0.2, 0) is 0 Å². The fourth-order valence-corrected chi connectivity index (χ4v) is 7.06. The summed E-state index contributed by atoms with van der Waals surface area (Å²) >= 11 is 0. The highest BCUT2D eigenvalue weighted by molar-refractivity contribution is 4.74. The average molecular weight is 591 g/mol. The molecule has 254 valence electrons. The Kier molecular flexibility index (Phi) is 33.9. The molecular formula is C42H86. The molecule has 0 heteroatoms. The van der Waals surface area contributed by atoms with E-state index in [1.807, 2.05) is 0 Å². The Morgan fingerprint density at radius 3 is 0.595 bits per heavy atom. The Balaban J connectivity index is 3.48. The number of hydrogen-bond acceptors (Lipinski definition) is 0. The first-order valence-electron chi connectivity index (χ1n) is 20.5. The van der Waals surface area contributed by atoms with Crippen molar-refractivity contribution in [3.05, 3.63) is 0 Å². The van der Waals surface area contributed by atoms with E-state index < -0.39 is 0 Å². The third-order valence-corrected chi connectivity index (χ3v) is 10.3. The molecule has 0 saturated heterocycles. The highest BCUT2D eigenvalue weighted by atomic mass is 14.3. The molecule has 0 rings (SSSR count). The Morgan fingerprint density at radius 1 is 0.262 bits per heavy atom. The van der Waals surface area contributed by atoms with Gasteiger partial charge in [0.05, 0.1) is 0 Å². The lowest BCUT2D eigenvalue weighted by Gasteiger charge is -2.31. The fraction of sp³-hybridized carbons (Fsp3) is 1.00. The average Bonchev–Trinajstić information content (AvgIpc) is 2.96. The van der Waals surface area contributed by atoms with Gasteiger partial charge in [-0.2, -0.15) is 0 Å².